The predicted molar refractivity (Wildman–Crippen MR) is 125 cm³/mol. The van der Waals surface area contributed by atoms with Crippen LogP contribution in [0.3, 0.4) is 0 Å². The van der Waals surface area contributed by atoms with Gasteiger partial charge < -0.3 is 24.8 Å². The van der Waals surface area contributed by atoms with Crippen LogP contribution >= 0.6 is 0 Å². The van der Waals surface area contributed by atoms with Gasteiger partial charge in [0.05, 0.1) is 11.2 Å². The van der Waals surface area contributed by atoms with Crippen LogP contribution in [-0.4, -0.2) is 84.1 Å². The molecule has 0 aliphatic carbocycles. The summed E-state index contributed by atoms with van der Waals surface area (Å²) in [6.07, 6.45) is -22.8. The fraction of sp³-hybridized carbons (Fsp3) is 0.708. The topological polar surface area (TPSA) is 74.3 Å². The maximum Gasteiger partial charge on any atom is 0.434 e. The molecule has 1 aliphatic rings. The number of ether oxygens (including phenoxy) is 2. The Labute approximate surface area is 225 Å². The van der Waals surface area contributed by atoms with Crippen LogP contribution in [0.5, 0.6) is 0 Å². The Kier molecular flexibility index (Phi) is 11.0. The van der Waals surface area contributed by atoms with Crippen LogP contribution in [-0.2, 0) is 22.2 Å². The first-order valence-electron chi connectivity index (χ1n) is 12.3. The zero-order valence-corrected chi connectivity index (χ0v) is 22.0. The first kappa shape index (κ1) is 33.7. The molecule has 0 aromatic heterocycles. The lowest BCUT2D eigenvalue weighted by Crippen LogP contribution is -2.52. The van der Waals surface area contributed by atoms with Crippen molar-refractivity contribution in [2.45, 2.75) is 76.7 Å². The number of hydrogen-bond donors (Lipinski definition) is 2. The van der Waals surface area contributed by atoms with Crippen LogP contribution in [0, 0.1) is 0 Å². The molecular formula is C24H32F9N3O4. The molecule has 0 spiro atoms. The van der Waals surface area contributed by atoms with Gasteiger partial charge in [-0.3, -0.25) is 4.90 Å². The molecule has 16 heteroatoms. The number of benzene rings is 1. The number of aliphatic hydroxyl groups is 1. The molecule has 1 aromatic carbocycles. The summed E-state index contributed by atoms with van der Waals surface area (Å²) in [4.78, 5) is 14.4. The van der Waals surface area contributed by atoms with E-state index in [0.29, 0.717) is 16.9 Å². The van der Waals surface area contributed by atoms with E-state index in [9.17, 15) is 49.4 Å². The van der Waals surface area contributed by atoms with Crippen molar-refractivity contribution in [3.8, 4) is 0 Å². The largest absolute Gasteiger partial charge is 0.434 e. The van der Waals surface area contributed by atoms with Crippen LogP contribution in [0.1, 0.15) is 44.7 Å². The number of anilines is 1. The van der Waals surface area contributed by atoms with Gasteiger partial charge in [0.2, 0.25) is 0 Å². The molecule has 230 valence electrons. The zero-order chi connectivity index (χ0) is 30.5. The van der Waals surface area contributed by atoms with E-state index in [2.05, 4.69) is 10.1 Å². The molecule has 2 rings (SSSR count). The third kappa shape index (κ3) is 10.8. The van der Waals surface area contributed by atoms with E-state index in [-0.39, 0.29) is 51.4 Å². The van der Waals surface area contributed by atoms with Crippen molar-refractivity contribution in [3.63, 3.8) is 0 Å². The summed E-state index contributed by atoms with van der Waals surface area (Å²) in [6.45, 7) is 5.11. The van der Waals surface area contributed by atoms with Crippen LogP contribution < -0.4 is 5.32 Å². The molecule has 1 amide bonds. The third-order valence-corrected chi connectivity index (χ3v) is 5.71. The average molecular weight is 598 g/mol. The maximum absolute atomic E-state index is 13.3. The van der Waals surface area contributed by atoms with Gasteiger partial charge in [-0.1, -0.05) is 6.07 Å². The minimum absolute atomic E-state index is 0.0224. The number of nitrogens with one attached hydrogen (secondary N) is 1. The lowest BCUT2D eigenvalue weighted by Gasteiger charge is -2.35. The molecule has 2 N–H and O–H groups in total. The minimum Gasteiger partial charge on any atom is -0.426 e. The normalized spacial score (nSPS) is 16.8. The number of alkyl halides is 9. The summed E-state index contributed by atoms with van der Waals surface area (Å²) in [7, 11) is 0. The van der Waals surface area contributed by atoms with Crippen molar-refractivity contribution in [2.24, 2.45) is 0 Å². The lowest BCUT2D eigenvalue weighted by atomic mass is 10.1. The van der Waals surface area contributed by atoms with E-state index in [4.69, 9.17) is 4.74 Å². The Morgan fingerprint density at radius 3 is 2.05 bits per heavy atom. The first-order valence-corrected chi connectivity index (χ1v) is 12.3. The van der Waals surface area contributed by atoms with Crippen molar-refractivity contribution in [2.75, 3.05) is 38.0 Å². The van der Waals surface area contributed by atoms with Crippen LogP contribution in [0.25, 0.3) is 0 Å². The van der Waals surface area contributed by atoms with Crippen molar-refractivity contribution in [1.82, 2.24) is 9.80 Å². The number of hydrogen-bond acceptors (Lipinski definition) is 6. The molecule has 1 atom stereocenters. The number of carbonyl (C=O) groups excluding carboxylic acids is 1. The molecule has 1 unspecified atom stereocenters. The smallest absolute Gasteiger partial charge is 0.426 e. The number of halogens is 9. The minimum atomic E-state index is -5.83. The van der Waals surface area contributed by atoms with Gasteiger partial charge in [-0.25, -0.2) is 4.79 Å². The van der Waals surface area contributed by atoms with Gasteiger partial charge in [0, 0.05) is 45.0 Å². The second-order valence-electron chi connectivity index (χ2n) is 10.2. The fourth-order valence-corrected chi connectivity index (χ4v) is 3.85. The van der Waals surface area contributed by atoms with Crippen LogP contribution in [0.15, 0.2) is 18.2 Å². The summed E-state index contributed by atoms with van der Waals surface area (Å²) in [5.41, 5.74) is -0.864. The van der Waals surface area contributed by atoms with E-state index in [1.165, 1.54) is 6.07 Å². The molecule has 1 aromatic rings. The molecule has 1 fully saturated rings. The Balaban J connectivity index is 2.01. The van der Waals surface area contributed by atoms with Gasteiger partial charge in [0.15, 0.2) is 6.29 Å². The summed E-state index contributed by atoms with van der Waals surface area (Å²) < 4.78 is 125. The van der Waals surface area contributed by atoms with Crippen LogP contribution in [0.4, 0.5) is 50.0 Å². The number of piperazine rings is 1. The quantitative estimate of drug-likeness (QED) is 0.214. The lowest BCUT2D eigenvalue weighted by molar-refractivity contribution is -0.308. The molecular weight excluding hydrogens is 565 g/mol. The highest BCUT2D eigenvalue weighted by Crippen LogP contribution is 2.36. The Hall–Kier alpha value is -2.46. The van der Waals surface area contributed by atoms with Gasteiger partial charge in [-0.15, -0.1) is 0 Å². The van der Waals surface area contributed by atoms with E-state index in [1.807, 2.05) is 0 Å². The number of aliphatic hydroxyl groups excluding tert-OH is 1. The monoisotopic (exact) mass is 597 g/mol. The SMILES string of the molecule is CC(C)(C)OC(O)CCCNc1cc(C(F)(F)F)ccc1CN1CCN(C(=O)OC(C(F)(F)F)C(F)(F)F)CC1. The standard InChI is InChI=1S/C24H32F9N3O4/c1-21(2,3)40-18(37)5-4-8-34-17-13-16(22(25,26)27)7-6-15(17)14-35-9-11-36(12-10-35)20(38)39-19(23(28,29)30)24(31,32)33/h6-7,13,18-19,34,37H,4-5,8-12,14H2,1-3H3. The van der Waals surface area contributed by atoms with Gasteiger partial charge in [0.1, 0.15) is 0 Å². The zero-order valence-electron chi connectivity index (χ0n) is 22.0. The molecule has 0 radical (unpaired) electrons. The molecule has 0 bridgehead atoms. The molecule has 0 saturated carbocycles. The number of rotatable bonds is 9. The number of nitrogens with zero attached hydrogens (tertiary/aromatic N) is 2. The van der Waals surface area contributed by atoms with E-state index in [1.54, 1.807) is 25.7 Å². The van der Waals surface area contributed by atoms with Crippen molar-refractivity contribution >= 4 is 11.8 Å². The predicted octanol–water partition coefficient (Wildman–Crippen LogP) is 5.78. The fourth-order valence-electron chi connectivity index (χ4n) is 3.85. The van der Waals surface area contributed by atoms with Crippen molar-refractivity contribution in [3.05, 3.63) is 29.3 Å². The van der Waals surface area contributed by atoms with Crippen LogP contribution in [0.2, 0.25) is 0 Å². The molecule has 1 aliphatic heterocycles. The Bertz CT molecular complexity index is 956. The first-order chi connectivity index (χ1) is 18.2. The highest BCUT2D eigenvalue weighted by atomic mass is 19.4. The average Bonchev–Trinajstić information content (AvgIpc) is 2.78. The number of carbonyl (C=O) groups is 1. The summed E-state index contributed by atoms with van der Waals surface area (Å²) in [5.74, 6) is 0. The van der Waals surface area contributed by atoms with E-state index in [0.717, 1.165) is 12.1 Å². The third-order valence-electron chi connectivity index (χ3n) is 5.71. The highest BCUT2D eigenvalue weighted by molar-refractivity contribution is 5.68. The Morgan fingerprint density at radius 1 is 0.975 bits per heavy atom. The molecule has 40 heavy (non-hydrogen) atoms. The van der Waals surface area contributed by atoms with Crippen molar-refractivity contribution < 1.29 is 58.9 Å². The molecule has 1 heterocycles. The van der Waals surface area contributed by atoms with Gasteiger partial charge in [-0.05, 0) is 51.3 Å². The maximum atomic E-state index is 13.3. The summed E-state index contributed by atoms with van der Waals surface area (Å²) in [6, 6.07) is 3.09. The molecule has 1 saturated heterocycles. The molecule has 7 nitrogen and oxygen atoms in total. The second-order valence-corrected chi connectivity index (χ2v) is 10.2. The second kappa shape index (κ2) is 13.0. The summed E-state index contributed by atoms with van der Waals surface area (Å²) >= 11 is 0. The van der Waals surface area contributed by atoms with Gasteiger partial charge in [-0.2, -0.15) is 39.5 Å². The van der Waals surface area contributed by atoms with Gasteiger partial charge in [0.25, 0.3) is 6.10 Å². The number of amides is 1. The Morgan fingerprint density at radius 2 is 1.55 bits per heavy atom. The van der Waals surface area contributed by atoms with E-state index >= 15 is 0 Å². The van der Waals surface area contributed by atoms with E-state index < -0.39 is 48.2 Å². The van der Waals surface area contributed by atoms with Gasteiger partial charge >= 0.3 is 24.6 Å². The van der Waals surface area contributed by atoms with Crippen molar-refractivity contribution in [1.29, 1.82) is 0 Å². The summed E-state index contributed by atoms with van der Waals surface area (Å²) in [5, 5.41) is 12.9. The highest BCUT2D eigenvalue weighted by Gasteiger charge is 2.60.